The zero-order valence-corrected chi connectivity index (χ0v) is 19.7. The predicted octanol–water partition coefficient (Wildman–Crippen LogP) is 2.00. The van der Waals surface area contributed by atoms with Crippen molar-refractivity contribution in [3.63, 3.8) is 0 Å². The van der Waals surface area contributed by atoms with Gasteiger partial charge in [-0.05, 0) is 40.5 Å². The van der Waals surface area contributed by atoms with Gasteiger partial charge >= 0.3 is 5.97 Å². The van der Waals surface area contributed by atoms with E-state index in [-0.39, 0.29) is 31.6 Å². The Bertz CT molecular complexity index is 793. The summed E-state index contributed by atoms with van der Waals surface area (Å²) in [5, 5.41) is 9.67. The fourth-order valence-electron chi connectivity index (χ4n) is 5.61. The molecule has 2 amide bonds. The molecule has 8 heteroatoms. The topological polar surface area (TPSA) is 87.1 Å². The number of hydrogen-bond donors (Lipinski definition) is 1. The first-order valence-electron chi connectivity index (χ1n) is 10.8. The van der Waals surface area contributed by atoms with Gasteiger partial charge in [-0.1, -0.05) is 18.7 Å². The van der Waals surface area contributed by atoms with Crippen LogP contribution in [0.1, 0.15) is 40.5 Å². The summed E-state index contributed by atoms with van der Waals surface area (Å²) < 4.78 is 4.21. The minimum absolute atomic E-state index is 0.0608. The second kappa shape index (κ2) is 8.28. The molecule has 0 radical (unpaired) electrons. The third-order valence-electron chi connectivity index (χ3n) is 6.84. The van der Waals surface area contributed by atoms with Gasteiger partial charge < -0.3 is 19.6 Å². The van der Waals surface area contributed by atoms with E-state index >= 15 is 0 Å². The van der Waals surface area contributed by atoms with Crippen molar-refractivity contribution in [2.75, 3.05) is 26.3 Å². The fourth-order valence-corrected chi connectivity index (χ4v) is 7.95. The summed E-state index contributed by atoms with van der Waals surface area (Å²) in [5.41, 5.74) is -0.471. The zero-order valence-electron chi connectivity index (χ0n) is 18.9. The Morgan fingerprint density at radius 1 is 1.32 bits per heavy atom. The Hall–Kier alpha value is -1.80. The van der Waals surface area contributed by atoms with E-state index < -0.39 is 38.9 Å². The van der Waals surface area contributed by atoms with Gasteiger partial charge in [0.2, 0.25) is 11.8 Å². The molecule has 3 rings (SSSR count). The highest BCUT2D eigenvalue weighted by Gasteiger charge is 2.77. The summed E-state index contributed by atoms with van der Waals surface area (Å²) in [6, 6.07) is -0.736. The Balaban J connectivity index is 2.07. The average Bonchev–Trinajstić information content (AvgIpc) is 3.24. The SMILES string of the molecule is C=CCOC(=O)[C@H]1[C@H]2C(=O)N(CCO)C(C(=O)N(CC=C)C(C)(C)C)C23CC[C@]1(C)S3. The smallest absolute Gasteiger partial charge is 0.311 e. The summed E-state index contributed by atoms with van der Waals surface area (Å²) in [6.45, 7) is 15.5. The number of ether oxygens (including phenoxy) is 1. The van der Waals surface area contributed by atoms with Crippen molar-refractivity contribution in [3.05, 3.63) is 25.3 Å². The number of β-amino-alcohol motifs (C(OH)–C–C–N with tert-alkyl or cyclic N) is 1. The third kappa shape index (κ3) is 3.61. The molecule has 2 unspecified atom stereocenters. The molecule has 5 atom stereocenters. The molecule has 0 saturated carbocycles. The molecule has 1 spiro atoms. The lowest BCUT2D eigenvalue weighted by Crippen LogP contribution is -2.59. The van der Waals surface area contributed by atoms with Gasteiger partial charge in [-0.15, -0.1) is 18.3 Å². The lowest BCUT2D eigenvalue weighted by Gasteiger charge is -2.42. The average molecular weight is 451 g/mol. The Labute approximate surface area is 188 Å². The summed E-state index contributed by atoms with van der Waals surface area (Å²) >= 11 is 1.59. The summed E-state index contributed by atoms with van der Waals surface area (Å²) in [7, 11) is 0. The van der Waals surface area contributed by atoms with Crippen molar-refractivity contribution >= 4 is 29.5 Å². The van der Waals surface area contributed by atoms with Gasteiger partial charge in [0, 0.05) is 23.4 Å². The van der Waals surface area contributed by atoms with Gasteiger partial charge in [-0.2, -0.15) is 0 Å². The van der Waals surface area contributed by atoms with Crippen LogP contribution >= 0.6 is 11.8 Å². The van der Waals surface area contributed by atoms with Crippen LogP contribution in [-0.2, 0) is 19.1 Å². The van der Waals surface area contributed by atoms with Crippen LogP contribution in [0.2, 0.25) is 0 Å². The second-order valence-corrected chi connectivity index (χ2v) is 11.7. The number of hydrogen-bond acceptors (Lipinski definition) is 6. The van der Waals surface area contributed by atoms with E-state index in [2.05, 4.69) is 13.2 Å². The number of nitrogens with zero attached hydrogens (tertiary/aromatic N) is 2. The monoisotopic (exact) mass is 450 g/mol. The number of fused-ring (bicyclic) bond motifs is 1. The number of aliphatic hydroxyl groups excluding tert-OH is 1. The van der Waals surface area contributed by atoms with Crippen LogP contribution < -0.4 is 0 Å². The Morgan fingerprint density at radius 2 is 2.00 bits per heavy atom. The first-order chi connectivity index (χ1) is 14.5. The fraction of sp³-hybridized carbons (Fsp3) is 0.696. The highest BCUT2D eigenvalue weighted by molar-refractivity contribution is 8.02. The maximum Gasteiger partial charge on any atom is 0.311 e. The molecule has 3 heterocycles. The van der Waals surface area contributed by atoms with Crippen LogP contribution in [0.4, 0.5) is 0 Å². The number of carbonyl (C=O) groups is 3. The molecule has 31 heavy (non-hydrogen) atoms. The van der Waals surface area contributed by atoms with Crippen LogP contribution in [0, 0.1) is 11.8 Å². The molecule has 7 nitrogen and oxygen atoms in total. The van der Waals surface area contributed by atoms with E-state index in [0.717, 1.165) is 6.42 Å². The van der Waals surface area contributed by atoms with Gasteiger partial charge in [0.1, 0.15) is 12.6 Å². The molecule has 172 valence electrons. The molecular formula is C23H34N2O5S. The highest BCUT2D eigenvalue weighted by atomic mass is 32.2. The van der Waals surface area contributed by atoms with Crippen molar-refractivity contribution in [3.8, 4) is 0 Å². The maximum atomic E-state index is 14.0. The summed E-state index contributed by atoms with van der Waals surface area (Å²) in [6.07, 6.45) is 4.58. The van der Waals surface area contributed by atoms with Gasteiger partial charge in [0.15, 0.2) is 0 Å². The number of aliphatic hydroxyl groups is 1. The molecular weight excluding hydrogens is 416 g/mol. The number of amides is 2. The summed E-state index contributed by atoms with van der Waals surface area (Å²) in [4.78, 5) is 43.8. The van der Waals surface area contributed by atoms with Gasteiger partial charge in [-0.25, -0.2) is 0 Å². The number of rotatable bonds is 8. The molecule has 3 fully saturated rings. The third-order valence-corrected chi connectivity index (χ3v) is 8.82. The van der Waals surface area contributed by atoms with E-state index in [9.17, 15) is 19.5 Å². The van der Waals surface area contributed by atoms with E-state index in [1.807, 2.05) is 27.7 Å². The number of carbonyl (C=O) groups excluding carboxylic acids is 3. The largest absolute Gasteiger partial charge is 0.461 e. The number of thioether (sulfide) groups is 1. The quantitative estimate of drug-likeness (QED) is 0.450. The van der Waals surface area contributed by atoms with E-state index in [0.29, 0.717) is 13.0 Å². The molecule has 2 bridgehead atoms. The Kier molecular flexibility index (Phi) is 6.37. The lowest BCUT2D eigenvalue weighted by molar-refractivity contribution is -0.154. The number of esters is 1. The normalized spacial score (nSPS) is 33.9. The molecule has 3 aliphatic heterocycles. The van der Waals surface area contributed by atoms with Crippen LogP contribution in [0.5, 0.6) is 0 Å². The van der Waals surface area contributed by atoms with Crippen LogP contribution in [-0.4, -0.2) is 80.1 Å². The molecule has 0 aromatic carbocycles. The summed E-state index contributed by atoms with van der Waals surface area (Å²) in [5.74, 6) is -2.07. The molecule has 1 N–H and O–H groups in total. The van der Waals surface area contributed by atoms with Crippen LogP contribution in [0.15, 0.2) is 25.3 Å². The van der Waals surface area contributed by atoms with E-state index in [1.54, 1.807) is 22.7 Å². The van der Waals surface area contributed by atoms with Crippen LogP contribution in [0.25, 0.3) is 0 Å². The zero-order chi connectivity index (χ0) is 23.2. The standard InChI is InChI=1S/C23H34N2O5S/c1-7-11-25(21(3,4)5)19(28)17-23-10-9-22(6,31-23)16(20(29)30-14-8-2)15(23)18(27)24(17)12-13-26/h7-8,15-17,26H,1-2,9-14H2,3-6H3/t15-,16+,17?,22-,23?/m0/s1. The maximum absolute atomic E-state index is 14.0. The van der Waals surface area contributed by atoms with Crippen molar-refractivity contribution in [1.82, 2.24) is 9.80 Å². The lowest BCUT2D eigenvalue weighted by atomic mass is 9.66. The van der Waals surface area contributed by atoms with Crippen LogP contribution in [0.3, 0.4) is 0 Å². The van der Waals surface area contributed by atoms with E-state index in [1.165, 1.54) is 11.0 Å². The van der Waals surface area contributed by atoms with Crippen molar-refractivity contribution in [2.45, 2.75) is 61.6 Å². The van der Waals surface area contributed by atoms with Crippen molar-refractivity contribution in [1.29, 1.82) is 0 Å². The van der Waals surface area contributed by atoms with Gasteiger partial charge in [0.25, 0.3) is 0 Å². The number of likely N-dealkylation sites (tertiary alicyclic amines) is 1. The van der Waals surface area contributed by atoms with Crippen molar-refractivity contribution in [2.24, 2.45) is 11.8 Å². The molecule has 3 saturated heterocycles. The molecule has 3 aliphatic rings. The Morgan fingerprint density at radius 3 is 2.55 bits per heavy atom. The van der Waals surface area contributed by atoms with E-state index in [4.69, 9.17) is 4.74 Å². The molecule has 0 aliphatic carbocycles. The predicted molar refractivity (Wildman–Crippen MR) is 120 cm³/mol. The molecule has 0 aromatic rings. The highest BCUT2D eigenvalue weighted by Crippen LogP contribution is 2.71. The minimum Gasteiger partial charge on any atom is -0.461 e. The van der Waals surface area contributed by atoms with Crippen molar-refractivity contribution < 1.29 is 24.2 Å². The van der Waals surface area contributed by atoms with Gasteiger partial charge in [-0.3, -0.25) is 14.4 Å². The first-order valence-corrected chi connectivity index (χ1v) is 11.6. The minimum atomic E-state index is -0.736. The molecule has 0 aromatic heterocycles. The second-order valence-electron chi connectivity index (χ2n) is 9.81. The first kappa shape index (κ1) is 23.9. The van der Waals surface area contributed by atoms with Gasteiger partial charge in [0.05, 0.1) is 23.2 Å².